The third kappa shape index (κ3) is 3.94. The number of benzodiazepines with no additional fused rings is 1. The van der Waals surface area contributed by atoms with E-state index in [4.69, 9.17) is 16.6 Å². The number of aliphatic imine (C=N–C) groups is 1. The number of likely N-dealkylation sites (N-methyl/N-ethyl adjacent to an activating group) is 1. The highest BCUT2D eigenvalue weighted by Crippen LogP contribution is 2.31. The summed E-state index contributed by atoms with van der Waals surface area (Å²) in [6, 6.07) is 19.0. The lowest BCUT2D eigenvalue weighted by Gasteiger charge is -2.20. The fourth-order valence-corrected chi connectivity index (χ4v) is 3.70. The van der Waals surface area contributed by atoms with Crippen molar-refractivity contribution in [1.29, 1.82) is 0 Å². The lowest BCUT2D eigenvalue weighted by molar-refractivity contribution is -0.119. The zero-order valence-electron chi connectivity index (χ0n) is 16.2. The summed E-state index contributed by atoms with van der Waals surface area (Å²) in [5.41, 5.74) is 5.06. The van der Waals surface area contributed by atoms with Crippen molar-refractivity contribution in [1.82, 2.24) is 0 Å². The van der Waals surface area contributed by atoms with Crippen molar-refractivity contribution in [3.05, 3.63) is 99.8 Å². The minimum Gasteiger partial charge on any atom is -0.313 e. The quantitative estimate of drug-likeness (QED) is 0.587. The lowest BCUT2D eigenvalue weighted by atomic mass is 10.00. The first kappa shape index (κ1) is 19.3. The van der Waals surface area contributed by atoms with E-state index in [9.17, 15) is 9.18 Å². The molecule has 1 aliphatic heterocycles. The number of benzene rings is 3. The summed E-state index contributed by atoms with van der Waals surface area (Å²) in [4.78, 5) is 19.7. The van der Waals surface area contributed by atoms with Crippen LogP contribution in [0.5, 0.6) is 0 Å². The van der Waals surface area contributed by atoms with E-state index in [-0.39, 0.29) is 11.7 Å². The van der Waals surface area contributed by atoms with Crippen molar-refractivity contribution < 1.29 is 9.18 Å². The lowest BCUT2D eigenvalue weighted by Crippen LogP contribution is -2.36. The molecule has 0 radical (unpaired) electrons. The van der Waals surface area contributed by atoms with Crippen LogP contribution in [0.25, 0.3) is 0 Å². The van der Waals surface area contributed by atoms with Crippen LogP contribution in [0.3, 0.4) is 0 Å². The normalized spacial score (nSPS) is 16.3. The number of hydrogen-bond donors (Lipinski definition) is 0. The molecule has 0 bridgehead atoms. The van der Waals surface area contributed by atoms with Crippen molar-refractivity contribution >= 4 is 28.9 Å². The molecule has 0 fully saturated rings. The van der Waals surface area contributed by atoms with Gasteiger partial charge in [0.1, 0.15) is 11.9 Å². The average Bonchev–Trinajstić information content (AvgIpc) is 2.81. The van der Waals surface area contributed by atoms with Gasteiger partial charge in [-0.3, -0.25) is 9.79 Å². The molecule has 1 heterocycles. The van der Waals surface area contributed by atoms with Gasteiger partial charge in [0.25, 0.3) is 5.91 Å². The molecule has 5 heteroatoms. The van der Waals surface area contributed by atoms with Gasteiger partial charge in [0.05, 0.1) is 11.4 Å². The minimum atomic E-state index is -0.589. The van der Waals surface area contributed by atoms with Crippen LogP contribution >= 0.6 is 11.6 Å². The highest BCUT2D eigenvalue weighted by molar-refractivity contribution is 6.32. The molecule has 3 aromatic carbocycles. The SMILES string of the molecule is Cc1ccc(CC2N=C(c3ccc(F)cc3)c3cc(Cl)ccc3N(C)C2=O)cc1. The van der Waals surface area contributed by atoms with Crippen molar-refractivity contribution in [2.75, 3.05) is 11.9 Å². The molecule has 0 spiro atoms. The molecule has 1 unspecified atom stereocenters. The van der Waals surface area contributed by atoms with Crippen LogP contribution < -0.4 is 4.90 Å². The monoisotopic (exact) mass is 406 g/mol. The molecule has 0 aliphatic carbocycles. The van der Waals surface area contributed by atoms with Gasteiger partial charge in [-0.15, -0.1) is 0 Å². The number of halogens is 2. The molecule has 4 rings (SSSR count). The Balaban J connectivity index is 1.85. The standard InChI is InChI=1S/C24H20ClFN2O/c1-15-3-5-16(6-4-15)13-21-24(29)28(2)22-12-9-18(25)14-20(22)23(27-21)17-7-10-19(26)11-8-17/h3-12,14,21H,13H2,1-2H3. The second-order valence-electron chi connectivity index (χ2n) is 7.25. The fraction of sp³-hybridized carbons (Fsp3) is 0.167. The molecule has 1 aliphatic rings. The molecule has 3 nitrogen and oxygen atoms in total. The Bertz CT molecular complexity index is 1090. The Kier molecular flexibility index (Phi) is 5.20. The molecular weight excluding hydrogens is 387 g/mol. The van der Waals surface area contributed by atoms with Crippen LogP contribution in [0, 0.1) is 12.7 Å². The Morgan fingerprint density at radius 2 is 1.72 bits per heavy atom. The van der Waals surface area contributed by atoms with Crippen molar-refractivity contribution in [2.45, 2.75) is 19.4 Å². The first-order valence-electron chi connectivity index (χ1n) is 9.39. The van der Waals surface area contributed by atoms with Gasteiger partial charge in [-0.2, -0.15) is 0 Å². The van der Waals surface area contributed by atoms with Gasteiger partial charge in [-0.05, 0) is 55.0 Å². The summed E-state index contributed by atoms with van der Waals surface area (Å²) in [6.07, 6.45) is 0.482. The van der Waals surface area contributed by atoms with E-state index in [1.165, 1.54) is 12.1 Å². The Hall–Kier alpha value is -2.98. The number of fused-ring (bicyclic) bond motifs is 1. The molecule has 0 aromatic heterocycles. The highest BCUT2D eigenvalue weighted by Gasteiger charge is 2.30. The van der Waals surface area contributed by atoms with Crippen LogP contribution in [0.4, 0.5) is 10.1 Å². The van der Waals surface area contributed by atoms with E-state index >= 15 is 0 Å². The van der Waals surface area contributed by atoms with E-state index < -0.39 is 6.04 Å². The fourth-order valence-electron chi connectivity index (χ4n) is 3.53. The first-order valence-corrected chi connectivity index (χ1v) is 9.77. The third-order valence-corrected chi connectivity index (χ3v) is 5.38. The second-order valence-corrected chi connectivity index (χ2v) is 7.69. The van der Waals surface area contributed by atoms with Crippen LogP contribution in [0.15, 0.2) is 71.7 Å². The number of rotatable bonds is 3. The molecule has 1 amide bonds. The van der Waals surface area contributed by atoms with Crippen LogP contribution in [0.1, 0.15) is 22.3 Å². The van der Waals surface area contributed by atoms with Gasteiger partial charge in [0, 0.05) is 29.6 Å². The maximum absolute atomic E-state index is 13.5. The number of carbonyl (C=O) groups excluding carboxylic acids is 1. The molecule has 29 heavy (non-hydrogen) atoms. The zero-order valence-corrected chi connectivity index (χ0v) is 16.9. The van der Waals surface area contributed by atoms with E-state index in [1.54, 1.807) is 36.2 Å². The van der Waals surface area contributed by atoms with Gasteiger partial charge < -0.3 is 4.90 Å². The van der Waals surface area contributed by atoms with Gasteiger partial charge in [0.2, 0.25) is 0 Å². The minimum absolute atomic E-state index is 0.0914. The Morgan fingerprint density at radius 3 is 2.41 bits per heavy atom. The molecule has 3 aromatic rings. The highest BCUT2D eigenvalue weighted by atomic mass is 35.5. The van der Waals surface area contributed by atoms with Gasteiger partial charge >= 0.3 is 0 Å². The summed E-state index contributed by atoms with van der Waals surface area (Å²) >= 11 is 6.25. The average molecular weight is 407 g/mol. The van der Waals surface area contributed by atoms with E-state index in [1.807, 2.05) is 37.3 Å². The summed E-state index contributed by atoms with van der Waals surface area (Å²) in [5, 5.41) is 0.552. The molecule has 0 saturated heterocycles. The van der Waals surface area contributed by atoms with Gasteiger partial charge in [-0.1, -0.05) is 41.4 Å². The Labute approximate surface area is 174 Å². The zero-order chi connectivity index (χ0) is 20.5. The van der Waals surface area contributed by atoms with E-state index in [0.29, 0.717) is 17.2 Å². The summed E-state index contributed by atoms with van der Waals surface area (Å²) in [6.45, 7) is 2.03. The van der Waals surface area contributed by atoms with Crippen molar-refractivity contribution in [2.24, 2.45) is 4.99 Å². The van der Waals surface area contributed by atoms with E-state index in [2.05, 4.69) is 0 Å². The molecule has 0 saturated carbocycles. The van der Waals surface area contributed by atoms with Gasteiger partial charge in [0.15, 0.2) is 0 Å². The summed E-state index contributed by atoms with van der Waals surface area (Å²) in [7, 11) is 1.75. The number of anilines is 1. The Morgan fingerprint density at radius 1 is 1.03 bits per heavy atom. The van der Waals surface area contributed by atoms with Crippen molar-refractivity contribution in [3.63, 3.8) is 0 Å². The third-order valence-electron chi connectivity index (χ3n) is 5.14. The molecule has 1 atom stereocenters. The molecular formula is C24H20ClFN2O. The second kappa shape index (κ2) is 7.80. The first-order chi connectivity index (χ1) is 13.9. The predicted molar refractivity (Wildman–Crippen MR) is 116 cm³/mol. The van der Waals surface area contributed by atoms with Gasteiger partial charge in [-0.25, -0.2) is 4.39 Å². The van der Waals surface area contributed by atoms with E-state index in [0.717, 1.165) is 27.9 Å². The number of hydrogen-bond acceptors (Lipinski definition) is 2. The topological polar surface area (TPSA) is 32.7 Å². The van der Waals surface area contributed by atoms with Crippen LogP contribution in [0.2, 0.25) is 5.02 Å². The summed E-state index contributed by atoms with van der Waals surface area (Å²) in [5.74, 6) is -0.412. The van der Waals surface area contributed by atoms with Crippen molar-refractivity contribution in [3.8, 4) is 0 Å². The molecule has 0 N–H and O–H groups in total. The maximum Gasteiger partial charge on any atom is 0.251 e. The smallest absolute Gasteiger partial charge is 0.251 e. The number of nitrogens with zero attached hydrogens (tertiary/aromatic N) is 2. The largest absolute Gasteiger partial charge is 0.313 e. The predicted octanol–water partition coefficient (Wildman–Crippen LogP) is 5.21. The number of carbonyl (C=O) groups is 1. The molecule has 146 valence electrons. The summed E-state index contributed by atoms with van der Waals surface area (Å²) < 4.78 is 13.5. The van der Waals surface area contributed by atoms with Crippen LogP contribution in [-0.2, 0) is 11.2 Å². The number of aryl methyl sites for hydroxylation is 1. The maximum atomic E-state index is 13.5. The number of amides is 1. The van der Waals surface area contributed by atoms with Crippen LogP contribution in [-0.4, -0.2) is 24.7 Å².